The van der Waals surface area contributed by atoms with E-state index in [0.717, 1.165) is 50.0 Å². The Balaban J connectivity index is 1.31. The molecular formula is C48H27N3O. The molecule has 240 valence electrons. The summed E-state index contributed by atoms with van der Waals surface area (Å²) in [5, 5.41) is 15.6. The summed E-state index contributed by atoms with van der Waals surface area (Å²) in [5.41, 5.74) is 5.98. The maximum atomic E-state index is 6.37. The zero-order valence-corrected chi connectivity index (χ0v) is 27.8. The van der Waals surface area contributed by atoms with Crippen LogP contribution < -0.4 is 0 Å². The van der Waals surface area contributed by atoms with Crippen LogP contribution >= 0.6 is 0 Å². The largest absolute Gasteiger partial charge is 0.436 e. The molecule has 0 saturated heterocycles. The lowest BCUT2D eigenvalue weighted by Crippen LogP contribution is -2.03. The quantitative estimate of drug-likeness (QED) is 0.173. The molecule has 12 aromatic rings. The van der Waals surface area contributed by atoms with Gasteiger partial charge in [-0.25, -0.2) is 9.97 Å². The molecule has 0 spiro atoms. The van der Waals surface area contributed by atoms with Crippen LogP contribution in [0.25, 0.3) is 115 Å². The van der Waals surface area contributed by atoms with Gasteiger partial charge in [-0.1, -0.05) is 127 Å². The molecule has 3 heterocycles. The lowest BCUT2D eigenvalue weighted by Gasteiger charge is -2.14. The van der Waals surface area contributed by atoms with Gasteiger partial charge in [0, 0.05) is 27.1 Å². The summed E-state index contributed by atoms with van der Waals surface area (Å²) in [4.78, 5) is 10.9. The first-order valence-corrected chi connectivity index (χ1v) is 17.7. The molecule has 0 saturated carbocycles. The maximum Gasteiger partial charge on any atom is 0.247 e. The third-order valence-corrected chi connectivity index (χ3v) is 10.9. The summed E-state index contributed by atoms with van der Waals surface area (Å²) in [5.74, 6) is 0.772. The molecule has 9 aromatic carbocycles. The first-order valence-electron chi connectivity index (χ1n) is 17.7. The zero-order chi connectivity index (χ0) is 33.9. The molecule has 0 aliphatic heterocycles. The van der Waals surface area contributed by atoms with Crippen LogP contribution in [-0.2, 0) is 0 Å². The van der Waals surface area contributed by atoms with E-state index in [0.29, 0.717) is 5.71 Å². The van der Waals surface area contributed by atoms with E-state index < -0.39 is 0 Å². The van der Waals surface area contributed by atoms with Gasteiger partial charge in [-0.15, -0.1) is 0 Å². The van der Waals surface area contributed by atoms with E-state index in [-0.39, 0.29) is 0 Å². The van der Waals surface area contributed by atoms with Crippen LogP contribution in [0.5, 0.6) is 0 Å². The second kappa shape index (κ2) is 10.3. The van der Waals surface area contributed by atoms with Gasteiger partial charge < -0.3 is 4.42 Å². The van der Waals surface area contributed by atoms with Gasteiger partial charge in [-0.05, 0) is 84.9 Å². The third-order valence-electron chi connectivity index (χ3n) is 10.9. The standard InChI is InChI=1S/C48H27N3O/c1-2-12-29-25-32(22-21-28(29)11-1)45-47(49-46-38-19-9-10-20-42(38)52-48(46)50-45)51-40-24-23-37-35-17-6-5-15-33(35)34-16-7-8-18-36(34)43(37)44(40)39-26-30-13-3-4-14-31(30)27-41(39)51/h1-27H. The molecule has 0 unspecified atom stereocenters. The number of benzene rings is 9. The summed E-state index contributed by atoms with van der Waals surface area (Å²) >= 11 is 0. The number of hydrogen-bond acceptors (Lipinski definition) is 3. The van der Waals surface area contributed by atoms with Crippen LogP contribution in [0.15, 0.2) is 168 Å². The minimum atomic E-state index is 0.530. The third kappa shape index (κ3) is 3.75. The smallest absolute Gasteiger partial charge is 0.247 e. The fourth-order valence-corrected chi connectivity index (χ4v) is 8.61. The number of aromatic nitrogens is 3. The van der Waals surface area contributed by atoms with Crippen LogP contribution in [0.1, 0.15) is 0 Å². The Morgan fingerprint density at radius 2 is 1.00 bits per heavy atom. The van der Waals surface area contributed by atoms with Crippen molar-refractivity contribution in [3.05, 3.63) is 164 Å². The number of nitrogens with zero attached hydrogens (tertiary/aromatic N) is 3. The first kappa shape index (κ1) is 27.7. The number of rotatable bonds is 2. The van der Waals surface area contributed by atoms with Crippen molar-refractivity contribution in [2.24, 2.45) is 0 Å². The minimum Gasteiger partial charge on any atom is -0.436 e. The maximum absolute atomic E-state index is 6.37. The van der Waals surface area contributed by atoms with Crippen molar-refractivity contribution in [3.63, 3.8) is 0 Å². The average molecular weight is 662 g/mol. The summed E-state index contributed by atoms with van der Waals surface area (Å²) < 4.78 is 8.72. The SMILES string of the molecule is c1ccc2cc(-c3nc4oc5ccccc5c4nc3-n3c4cc5ccccc5cc4c4c5c6ccccc6c6ccccc6c5ccc43)ccc2c1. The fraction of sp³-hybridized carbons (Fsp3) is 0. The molecule has 4 nitrogen and oxygen atoms in total. The Hall–Kier alpha value is -7.04. The Labute approximate surface area is 296 Å². The summed E-state index contributed by atoms with van der Waals surface area (Å²) in [7, 11) is 0. The van der Waals surface area contributed by atoms with Crippen LogP contribution in [0.4, 0.5) is 0 Å². The summed E-state index contributed by atoms with van der Waals surface area (Å²) in [6.45, 7) is 0. The van der Waals surface area contributed by atoms with Crippen molar-refractivity contribution in [3.8, 4) is 17.1 Å². The number of furan rings is 1. The van der Waals surface area contributed by atoms with E-state index in [1.165, 1.54) is 59.2 Å². The van der Waals surface area contributed by atoms with E-state index in [2.05, 4.69) is 150 Å². The monoisotopic (exact) mass is 661 g/mol. The highest BCUT2D eigenvalue weighted by Gasteiger charge is 2.24. The van der Waals surface area contributed by atoms with Crippen LogP contribution in [0.3, 0.4) is 0 Å². The van der Waals surface area contributed by atoms with Crippen molar-refractivity contribution in [1.82, 2.24) is 14.5 Å². The molecule has 4 heteroatoms. The second-order valence-corrected chi connectivity index (χ2v) is 13.7. The molecule has 0 fully saturated rings. The molecule has 0 aliphatic carbocycles. The zero-order valence-electron chi connectivity index (χ0n) is 27.8. The van der Waals surface area contributed by atoms with Gasteiger partial charge in [0.05, 0.1) is 11.0 Å². The Bertz CT molecular complexity index is 3440. The molecule has 0 amide bonds. The molecule has 3 aromatic heterocycles. The predicted octanol–water partition coefficient (Wildman–Crippen LogP) is 12.9. The van der Waals surface area contributed by atoms with Crippen molar-refractivity contribution >= 4 is 97.9 Å². The molecule has 0 bridgehead atoms. The van der Waals surface area contributed by atoms with Crippen LogP contribution in [-0.4, -0.2) is 14.5 Å². The topological polar surface area (TPSA) is 43.9 Å². The van der Waals surface area contributed by atoms with E-state index >= 15 is 0 Å². The van der Waals surface area contributed by atoms with E-state index in [1.807, 2.05) is 18.2 Å². The lowest BCUT2D eigenvalue weighted by atomic mass is 9.91. The second-order valence-electron chi connectivity index (χ2n) is 13.7. The van der Waals surface area contributed by atoms with Crippen molar-refractivity contribution in [1.29, 1.82) is 0 Å². The van der Waals surface area contributed by atoms with Gasteiger partial charge in [0.25, 0.3) is 0 Å². The minimum absolute atomic E-state index is 0.530. The van der Waals surface area contributed by atoms with E-state index in [9.17, 15) is 0 Å². The Kier molecular flexibility index (Phi) is 5.47. The van der Waals surface area contributed by atoms with Crippen molar-refractivity contribution < 1.29 is 4.42 Å². The molecule has 0 radical (unpaired) electrons. The average Bonchev–Trinajstić information content (AvgIpc) is 3.73. The molecule has 0 atom stereocenters. The summed E-state index contributed by atoms with van der Waals surface area (Å²) in [6, 6.07) is 58.6. The van der Waals surface area contributed by atoms with Gasteiger partial charge in [-0.3, -0.25) is 4.57 Å². The van der Waals surface area contributed by atoms with Gasteiger partial charge >= 0.3 is 0 Å². The van der Waals surface area contributed by atoms with Gasteiger partial charge in [0.15, 0.2) is 5.82 Å². The number of hydrogen-bond donors (Lipinski definition) is 0. The lowest BCUT2D eigenvalue weighted by molar-refractivity contribution is 0.653. The normalized spacial score (nSPS) is 12.2. The van der Waals surface area contributed by atoms with Gasteiger partial charge in [0.1, 0.15) is 16.8 Å². The first-order chi connectivity index (χ1) is 25.8. The van der Waals surface area contributed by atoms with Gasteiger partial charge in [0.2, 0.25) is 5.71 Å². The predicted molar refractivity (Wildman–Crippen MR) is 217 cm³/mol. The number of fused-ring (bicyclic) bond motifs is 15. The Morgan fingerprint density at radius 1 is 0.404 bits per heavy atom. The van der Waals surface area contributed by atoms with E-state index in [1.54, 1.807) is 0 Å². The molecule has 12 rings (SSSR count). The Morgan fingerprint density at radius 3 is 1.77 bits per heavy atom. The highest BCUT2D eigenvalue weighted by atomic mass is 16.3. The van der Waals surface area contributed by atoms with Crippen molar-refractivity contribution in [2.75, 3.05) is 0 Å². The van der Waals surface area contributed by atoms with Gasteiger partial charge in [-0.2, -0.15) is 0 Å². The highest BCUT2D eigenvalue weighted by Crippen LogP contribution is 2.45. The molecule has 52 heavy (non-hydrogen) atoms. The molecule has 0 N–H and O–H groups in total. The van der Waals surface area contributed by atoms with Crippen LogP contribution in [0, 0.1) is 0 Å². The number of para-hydroxylation sites is 1. The summed E-state index contributed by atoms with van der Waals surface area (Å²) in [6.07, 6.45) is 0. The van der Waals surface area contributed by atoms with E-state index in [4.69, 9.17) is 14.4 Å². The highest BCUT2D eigenvalue weighted by molar-refractivity contribution is 6.35. The fourth-order valence-electron chi connectivity index (χ4n) is 8.61. The van der Waals surface area contributed by atoms with Crippen molar-refractivity contribution in [2.45, 2.75) is 0 Å². The van der Waals surface area contributed by atoms with Crippen LogP contribution in [0.2, 0.25) is 0 Å². The molecular weight excluding hydrogens is 635 g/mol. The molecule has 0 aliphatic rings.